The van der Waals surface area contributed by atoms with Crippen LogP contribution in [0.25, 0.3) is 0 Å². The van der Waals surface area contributed by atoms with Crippen molar-refractivity contribution in [2.75, 3.05) is 5.75 Å². The molecule has 0 spiro atoms. The van der Waals surface area contributed by atoms with E-state index in [9.17, 15) is 8.42 Å². The number of hydrogen-bond acceptors (Lipinski definition) is 3. The van der Waals surface area contributed by atoms with Crippen LogP contribution in [0.15, 0.2) is 0 Å². The fourth-order valence-corrected chi connectivity index (χ4v) is 2.98. The zero-order valence-electron chi connectivity index (χ0n) is 6.21. The van der Waals surface area contributed by atoms with E-state index < -0.39 is 17.6 Å². The summed E-state index contributed by atoms with van der Waals surface area (Å²) in [5.74, 6) is 0.0199. The second kappa shape index (κ2) is 3.89. The molecule has 0 aromatic rings. The van der Waals surface area contributed by atoms with Crippen LogP contribution in [0.5, 0.6) is 0 Å². The summed E-state index contributed by atoms with van der Waals surface area (Å²) in [6.07, 6.45) is -0.923. The molecule has 0 heterocycles. The Labute approximate surface area is 88.7 Å². The molecule has 3 nitrogen and oxygen atoms in total. The SMILES string of the molecule is CCS(=O)(=O)C(Br)(I)C(C)O. The lowest BCUT2D eigenvalue weighted by Crippen LogP contribution is -2.37. The van der Waals surface area contributed by atoms with Gasteiger partial charge in [0.2, 0.25) is 1.66 Å². The van der Waals surface area contributed by atoms with Gasteiger partial charge in [-0.25, -0.2) is 8.42 Å². The molecular formula is C5H10BrIO3S. The highest BCUT2D eigenvalue weighted by Gasteiger charge is 2.41. The van der Waals surface area contributed by atoms with Crippen molar-refractivity contribution in [3.05, 3.63) is 0 Å². The lowest BCUT2D eigenvalue weighted by molar-refractivity contribution is 0.208. The highest BCUT2D eigenvalue weighted by atomic mass is 127. The number of halogens is 2. The minimum atomic E-state index is -3.24. The van der Waals surface area contributed by atoms with E-state index in [2.05, 4.69) is 15.9 Å². The Morgan fingerprint density at radius 1 is 1.73 bits per heavy atom. The summed E-state index contributed by atoms with van der Waals surface area (Å²) in [6, 6.07) is 0. The molecule has 2 unspecified atom stereocenters. The maximum Gasteiger partial charge on any atom is 0.202 e. The molecule has 68 valence electrons. The molecule has 0 saturated heterocycles. The van der Waals surface area contributed by atoms with Gasteiger partial charge >= 0.3 is 0 Å². The first-order chi connectivity index (χ1) is 4.75. The van der Waals surface area contributed by atoms with E-state index in [0.29, 0.717) is 0 Å². The summed E-state index contributed by atoms with van der Waals surface area (Å²) in [6.45, 7) is 2.99. The van der Waals surface area contributed by atoms with Crippen LogP contribution in [-0.4, -0.2) is 27.0 Å². The topological polar surface area (TPSA) is 54.4 Å². The van der Waals surface area contributed by atoms with Crippen molar-refractivity contribution in [3.63, 3.8) is 0 Å². The van der Waals surface area contributed by atoms with Gasteiger partial charge < -0.3 is 5.11 Å². The lowest BCUT2D eigenvalue weighted by atomic mass is 10.5. The van der Waals surface area contributed by atoms with E-state index >= 15 is 0 Å². The first-order valence-corrected chi connectivity index (χ1v) is 6.56. The average molecular weight is 357 g/mol. The molecule has 11 heavy (non-hydrogen) atoms. The maximum atomic E-state index is 11.2. The van der Waals surface area contributed by atoms with Crippen molar-refractivity contribution < 1.29 is 13.5 Å². The molecule has 0 aromatic carbocycles. The van der Waals surface area contributed by atoms with Crippen LogP contribution in [0.2, 0.25) is 0 Å². The number of aliphatic hydroxyl groups excluding tert-OH is 1. The third-order valence-corrected chi connectivity index (χ3v) is 8.27. The molecule has 0 bridgehead atoms. The molecule has 0 aliphatic rings. The van der Waals surface area contributed by atoms with Crippen LogP contribution in [0.4, 0.5) is 0 Å². The smallest absolute Gasteiger partial charge is 0.202 e. The van der Waals surface area contributed by atoms with Crippen LogP contribution in [0, 0.1) is 0 Å². The van der Waals surface area contributed by atoms with Gasteiger partial charge in [-0.15, -0.1) is 0 Å². The summed E-state index contributed by atoms with van der Waals surface area (Å²) < 4.78 is 21.3. The number of rotatable bonds is 3. The minimum absolute atomic E-state index is 0.0199. The van der Waals surface area contributed by atoms with Gasteiger partial charge in [0.25, 0.3) is 0 Å². The van der Waals surface area contributed by atoms with Gasteiger partial charge in [-0.05, 0) is 29.5 Å². The normalized spacial score (nSPS) is 20.8. The first-order valence-electron chi connectivity index (χ1n) is 3.04. The standard InChI is InChI=1S/C5H10BrIO3S/c1-3-11(9,10)5(6,7)4(2)8/h4,8H,3H2,1-2H3. The Morgan fingerprint density at radius 3 is 2.18 bits per heavy atom. The number of sulfone groups is 1. The molecule has 0 aromatic heterocycles. The van der Waals surface area contributed by atoms with Gasteiger partial charge in [0, 0.05) is 5.75 Å². The van der Waals surface area contributed by atoms with Gasteiger partial charge in [-0.3, -0.25) is 0 Å². The van der Waals surface area contributed by atoms with Gasteiger partial charge in [-0.1, -0.05) is 22.9 Å². The highest BCUT2D eigenvalue weighted by Crippen LogP contribution is 2.37. The summed E-state index contributed by atoms with van der Waals surface area (Å²) in [4.78, 5) is 0. The van der Waals surface area contributed by atoms with Gasteiger partial charge in [0.15, 0.2) is 9.84 Å². The van der Waals surface area contributed by atoms with Crippen LogP contribution in [0.1, 0.15) is 13.8 Å². The third-order valence-electron chi connectivity index (χ3n) is 1.28. The molecule has 0 aliphatic carbocycles. The van der Waals surface area contributed by atoms with Gasteiger partial charge in [-0.2, -0.15) is 0 Å². The Bertz CT molecular complexity index is 222. The molecule has 0 saturated carbocycles. The number of alkyl halides is 2. The molecular weight excluding hydrogens is 347 g/mol. The van der Waals surface area contributed by atoms with Crippen molar-refractivity contribution in [1.82, 2.24) is 0 Å². The van der Waals surface area contributed by atoms with Crippen LogP contribution in [-0.2, 0) is 9.84 Å². The molecule has 0 radical (unpaired) electrons. The quantitative estimate of drug-likeness (QED) is 0.612. The van der Waals surface area contributed by atoms with Crippen molar-refractivity contribution >= 4 is 48.4 Å². The Kier molecular flexibility index (Phi) is 4.28. The van der Waals surface area contributed by atoms with Crippen molar-refractivity contribution in [3.8, 4) is 0 Å². The highest BCUT2D eigenvalue weighted by molar-refractivity contribution is 14.1. The monoisotopic (exact) mass is 356 g/mol. The van der Waals surface area contributed by atoms with E-state index in [1.54, 1.807) is 29.5 Å². The molecule has 6 heteroatoms. The van der Waals surface area contributed by atoms with E-state index in [4.69, 9.17) is 5.11 Å². The summed E-state index contributed by atoms with van der Waals surface area (Å²) in [7, 11) is -3.24. The zero-order valence-corrected chi connectivity index (χ0v) is 10.8. The summed E-state index contributed by atoms with van der Waals surface area (Å²) in [5.41, 5.74) is 0. The Morgan fingerprint density at radius 2 is 2.09 bits per heavy atom. The summed E-state index contributed by atoms with van der Waals surface area (Å²) in [5, 5.41) is 9.11. The van der Waals surface area contributed by atoms with Crippen LogP contribution < -0.4 is 0 Å². The molecule has 0 rings (SSSR count). The predicted octanol–water partition coefficient (Wildman–Crippen LogP) is 1.29. The largest absolute Gasteiger partial charge is 0.390 e. The second-order valence-electron chi connectivity index (χ2n) is 2.14. The first kappa shape index (κ1) is 12.1. The molecule has 0 amide bonds. The predicted molar refractivity (Wildman–Crippen MR) is 56.8 cm³/mol. The lowest BCUT2D eigenvalue weighted by Gasteiger charge is -2.22. The van der Waals surface area contributed by atoms with Crippen LogP contribution >= 0.6 is 38.5 Å². The Hall–Kier alpha value is 1.12. The van der Waals surface area contributed by atoms with Crippen molar-refractivity contribution in [2.24, 2.45) is 0 Å². The van der Waals surface area contributed by atoms with Crippen LogP contribution in [0.3, 0.4) is 0 Å². The van der Waals surface area contributed by atoms with Gasteiger partial charge in [0.05, 0.1) is 6.10 Å². The third kappa shape index (κ3) is 2.53. The van der Waals surface area contributed by atoms with E-state index in [1.807, 2.05) is 0 Å². The number of hydrogen-bond donors (Lipinski definition) is 1. The fourth-order valence-electron chi connectivity index (χ4n) is 0.452. The second-order valence-corrected chi connectivity index (χ2v) is 10.3. The van der Waals surface area contributed by atoms with E-state index in [-0.39, 0.29) is 5.75 Å². The molecule has 0 fully saturated rings. The van der Waals surface area contributed by atoms with Gasteiger partial charge in [0.1, 0.15) is 0 Å². The van der Waals surface area contributed by atoms with Crippen molar-refractivity contribution in [1.29, 1.82) is 0 Å². The van der Waals surface area contributed by atoms with E-state index in [1.165, 1.54) is 6.92 Å². The summed E-state index contributed by atoms with van der Waals surface area (Å²) >= 11 is 4.66. The molecule has 2 atom stereocenters. The average Bonchev–Trinajstić information content (AvgIpc) is 1.87. The van der Waals surface area contributed by atoms with Crippen molar-refractivity contribution in [2.45, 2.75) is 21.6 Å². The minimum Gasteiger partial charge on any atom is -0.390 e. The molecule has 0 aliphatic heterocycles. The maximum absolute atomic E-state index is 11.2. The van der Waals surface area contributed by atoms with E-state index in [0.717, 1.165) is 0 Å². The zero-order chi connectivity index (χ0) is 9.28. The fraction of sp³-hybridized carbons (Fsp3) is 1.00. The molecule has 1 N–H and O–H groups in total. The number of aliphatic hydroxyl groups is 1. The Balaban J connectivity index is 4.85.